The van der Waals surface area contributed by atoms with Crippen LogP contribution in [-0.4, -0.2) is 44.8 Å². The Labute approximate surface area is 125 Å². The molecule has 114 valence electrons. The Morgan fingerprint density at radius 1 is 1.38 bits per heavy atom. The topological polar surface area (TPSA) is 60.1 Å². The predicted octanol–water partition coefficient (Wildman–Crippen LogP) is 1.50. The molecule has 1 heterocycles. The standard InChI is InChI=1S/C16H23N3O2/c1-20-9-8-19-15(17)18-11-16(19)7-3-4-12-5-6-13(21-2)10-14(12)16/h5-6,10H,3-4,7-9,11H2,1-2H3,(H2,17,18). The van der Waals surface area contributed by atoms with E-state index in [9.17, 15) is 0 Å². The highest BCUT2D eigenvalue weighted by atomic mass is 16.5. The van der Waals surface area contributed by atoms with Gasteiger partial charge in [0, 0.05) is 13.7 Å². The zero-order chi connectivity index (χ0) is 14.9. The predicted molar refractivity (Wildman–Crippen MR) is 82.7 cm³/mol. The van der Waals surface area contributed by atoms with Gasteiger partial charge in [-0.2, -0.15) is 0 Å². The van der Waals surface area contributed by atoms with Crippen LogP contribution in [0.4, 0.5) is 0 Å². The van der Waals surface area contributed by atoms with Crippen molar-refractivity contribution in [3.8, 4) is 5.75 Å². The van der Waals surface area contributed by atoms with Crippen LogP contribution in [-0.2, 0) is 16.7 Å². The number of hydrogen-bond donors (Lipinski definition) is 1. The highest BCUT2D eigenvalue weighted by Crippen LogP contribution is 2.44. The van der Waals surface area contributed by atoms with Crippen LogP contribution >= 0.6 is 0 Å². The Balaban J connectivity index is 2.02. The molecule has 0 amide bonds. The third-order valence-corrected chi connectivity index (χ3v) is 4.67. The zero-order valence-electron chi connectivity index (χ0n) is 12.8. The second-order valence-corrected chi connectivity index (χ2v) is 5.73. The van der Waals surface area contributed by atoms with Crippen LogP contribution in [0.5, 0.6) is 5.75 Å². The Morgan fingerprint density at radius 3 is 3.00 bits per heavy atom. The molecule has 1 aromatic rings. The molecular weight excluding hydrogens is 266 g/mol. The maximum Gasteiger partial charge on any atom is 0.192 e. The molecule has 1 atom stereocenters. The van der Waals surface area contributed by atoms with Crippen molar-refractivity contribution in [2.75, 3.05) is 33.9 Å². The average Bonchev–Trinajstić information content (AvgIpc) is 2.82. The lowest BCUT2D eigenvalue weighted by Crippen LogP contribution is -2.52. The van der Waals surface area contributed by atoms with Crippen molar-refractivity contribution in [2.24, 2.45) is 10.7 Å². The zero-order valence-corrected chi connectivity index (χ0v) is 12.8. The van der Waals surface area contributed by atoms with Crippen LogP contribution in [0.2, 0.25) is 0 Å². The van der Waals surface area contributed by atoms with Crippen molar-refractivity contribution in [1.29, 1.82) is 0 Å². The van der Waals surface area contributed by atoms with E-state index >= 15 is 0 Å². The summed E-state index contributed by atoms with van der Waals surface area (Å²) in [5, 5.41) is 0. The van der Waals surface area contributed by atoms with E-state index in [1.165, 1.54) is 11.1 Å². The second-order valence-electron chi connectivity index (χ2n) is 5.73. The number of hydrogen-bond acceptors (Lipinski definition) is 5. The van der Waals surface area contributed by atoms with Gasteiger partial charge in [-0.25, -0.2) is 0 Å². The molecule has 0 fully saturated rings. The summed E-state index contributed by atoms with van der Waals surface area (Å²) in [4.78, 5) is 6.74. The molecule has 0 saturated carbocycles. The summed E-state index contributed by atoms with van der Waals surface area (Å²) in [5.74, 6) is 1.52. The minimum absolute atomic E-state index is 0.120. The number of methoxy groups -OCH3 is 2. The minimum Gasteiger partial charge on any atom is -0.497 e. The van der Waals surface area contributed by atoms with Crippen LogP contribution in [0.25, 0.3) is 0 Å². The van der Waals surface area contributed by atoms with Crippen LogP contribution in [0, 0.1) is 0 Å². The van der Waals surface area contributed by atoms with Gasteiger partial charge < -0.3 is 20.1 Å². The molecule has 1 spiro atoms. The van der Waals surface area contributed by atoms with E-state index in [4.69, 9.17) is 15.2 Å². The molecule has 0 bridgehead atoms. The van der Waals surface area contributed by atoms with Gasteiger partial charge in [-0.15, -0.1) is 0 Å². The van der Waals surface area contributed by atoms with E-state index < -0.39 is 0 Å². The molecule has 1 unspecified atom stereocenters. The summed E-state index contributed by atoms with van der Waals surface area (Å²) in [6.07, 6.45) is 3.34. The van der Waals surface area contributed by atoms with Crippen molar-refractivity contribution in [1.82, 2.24) is 4.90 Å². The molecule has 1 aromatic carbocycles. The van der Waals surface area contributed by atoms with E-state index in [-0.39, 0.29) is 5.54 Å². The molecule has 0 saturated heterocycles. The lowest BCUT2D eigenvalue weighted by atomic mass is 9.75. The van der Waals surface area contributed by atoms with Crippen LogP contribution in [0.3, 0.4) is 0 Å². The summed E-state index contributed by atoms with van der Waals surface area (Å²) >= 11 is 0. The van der Waals surface area contributed by atoms with Gasteiger partial charge >= 0.3 is 0 Å². The van der Waals surface area contributed by atoms with Gasteiger partial charge in [0.15, 0.2) is 5.96 Å². The van der Waals surface area contributed by atoms with Crippen molar-refractivity contribution < 1.29 is 9.47 Å². The van der Waals surface area contributed by atoms with Crippen molar-refractivity contribution in [3.63, 3.8) is 0 Å². The van der Waals surface area contributed by atoms with E-state index in [0.717, 1.165) is 38.1 Å². The summed E-state index contributed by atoms with van der Waals surface area (Å²) in [6, 6.07) is 6.37. The SMILES string of the molecule is COCCN1C(N)=NCC12CCCc1ccc(OC)cc12. The van der Waals surface area contributed by atoms with Crippen LogP contribution in [0.1, 0.15) is 24.0 Å². The second kappa shape index (κ2) is 5.56. The van der Waals surface area contributed by atoms with Gasteiger partial charge in [-0.05, 0) is 42.5 Å². The van der Waals surface area contributed by atoms with Crippen molar-refractivity contribution in [3.05, 3.63) is 29.3 Å². The van der Waals surface area contributed by atoms with Crippen LogP contribution < -0.4 is 10.5 Å². The third-order valence-electron chi connectivity index (χ3n) is 4.67. The minimum atomic E-state index is -0.120. The molecule has 5 nitrogen and oxygen atoms in total. The van der Waals surface area contributed by atoms with E-state index in [1.807, 2.05) is 6.07 Å². The molecule has 2 N–H and O–H groups in total. The quantitative estimate of drug-likeness (QED) is 0.912. The Bertz CT molecular complexity index is 558. The van der Waals surface area contributed by atoms with Gasteiger partial charge in [-0.1, -0.05) is 6.07 Å². The molecule has 21 heavy (non-hydrogen) atoms. The molecule has 1 aliphatic carbocycles. The summed E-state index contributed by atoms with van der Waals surface area (Å²) in [5.41, 5.74) is 8.72. The molecule has 0 aromatic heterocycles. The first-order valence-corrected chi connectivity index (χ1v) is 7.45. The van der Waals surface area contributed by atoms with Crippen molar-refractivity contribution >= 4 is 5.96 Å². The van der Waals surface area contributed by atoms with Gasteiger partial charge in [0.2, 0.25) is 0 Å². The first-order valence-electron chi connectivity index (χ1n) is 7.45. The Hall–Kier alpha value is -1.75. The van der Waals surface area contributed by atoms with E-state index in [0.29, 0.717) is 12.6 Å². The number of aliphatic imine (C=N–C) groups is 1. The number of guanidine groups is 1. The fourth-order valence-corrected chi connectivity index (χ4v) is 3.60. The fraction of sp³-hybridized carbons (Fsp3) is 0.562. The van der Waals surface area contributed by atoms with E-state index in [2.05, 4.69) is 22.0 Å². The molecule has 0 radical (unpaired) electrons. The number of aryl methyl sites for hydroxylation is 1. The number of benzene rings is 1. The van der Waals surface area contributed by atoms with Gasteiger partial charge in [0.25, 0.3) is 0 Å². The van der Waals surface area contributed by atoms with Gasteiger partial charge in [-0.3, -0.25) is 4.99 Å². The highest BCUT2D eigenvalue weighted by molar-refractivity contribution is 5.81. The normalized spacial score (nSPS) is 24.1. The smallest absolute Gasteiger partial charge is 0.192 e. The average molecular weight is 289 g/mol. The number of nitrogens with zero attached hydrogens (tertiary/aromatic N) is 2. The summed E-state index contributed by atoms with van der Waals surface area (Å²) in [7, 11) is 3.42. The summed E-state index contributed by atoms with van der Waals surface area (Å²) in [6.45, 7) is 2.14. The lowest BCUT2D eigenvalue weighted by Gasteiger charge is -2.43. The maximum atomic E-state index is 6.14. The maximum absolute atomic E-state index is 6.14. The Morgan fingerprint density at radius 2 is 2.24 bits per heavy atom. The Kier molecular flexibility index (Phi) is 3.76. The largest absolute Gasteiger partial charge is 0.497 e. The van der Waals surface area contributed by atoms with Crippen molar-refractivity contribution in [2.45, 2.75) is 24.8 Å². The monoisotopic (exact) mass is 289 g/mol. The third kappa shape index (κ3) is 2.25. The number of ether oxygens (including phenoxy) is 2. The number of nitrogens with two attached hydrogens (primary N) is 1. The highest BCUT2D eigenvalue weighted by Gasteiger charge is 2.46. The number of fused-ring (bicyclic) bond motifs is 2. The molecule has 5 heteroatoms. The molecular formula is C16H23N3O2. The molecule has 2 aliphatic rings. The first-order chi connectivity index (χ1) is 10.2. The van der Waals surface area contributed by atoms with Gasteiger partial charge in [0.1, 0.15) is 5.75 Å². The van der Waals surface area contributed by atoms with Crippen LogP contribution in [0.15, 0.2) is 23.2 Å². The van der Waals surface area contributed by atoms with Gasteiger partial charge in [0.05, 0.1) is 25.8 Å². The first kappa shape index (κ1) is 14.2. The molecule has 1 aliphatic heterocycles. The summed E-state index contributed by atoms with van der Waals surface area (Å²) < 4.78 is 10.7. The molecule has 3 rings (SSSR count). The fourth-order valence-electron chi connectivity index (χ4n) is 3.60. The van der Waals surface area contributed by atoms with E-state index in [1.54, 1.807) is 14.2 Å². The number of rotatable bonds is 4. The lowest BCUT2D eigenvalue weighted by molar-refractivity contribution is 0.116.